The minimum Gasteiger partial charge on any atom is -0.0933 e. The fourth-order valence-electron chi connectivity index (χ4n) is 4.51. The molecule has 3 rings (SSSR count). The third kappa shape index (κ3) is 7.35. The highest BCUT2D eigenvalue weighted by molar-refractivity contribution is 6.42. The van der Waals surface area contributed by atoms with Gasteiger partial charge < -0.3 is 0 Å². The molecule has 0 amide bonds. The molecule has 0 radical (unpaired) electrons. The predicted molar refractivity (Wildman–Crippen MR) is 128 cm³/mol. The molecule has 0 nitrogen and oxygen atoms in total. The number of unbranched alkanes of at least 4 members (excludes halogenated alkanes) is 1. The summed E-state index contributed by atoms with van der Waals surface area (Å²) in [5.41, 5.74) is 5.84. The summed E-state index contributed by atoms with van der Waals surface area (Å²) in [6.07, 6.45) is 14.5. The molecule has 1 aliphatic rings. The van der Waals surface area contributed by atoms with Crippen molar-refractivity contribution in [3.8, 4) is 0 Å². The average Bonchev–Trinajstić information content (AvgIpc) is 2.75. The van der Waals surface area contributed by atoms with Gasteiger partial charge in [-0.15, -0.1) is 0 Å². The van der Waals surface area contributed by atoms with E-state index in [0.29, 0.717) is 10.0 Å². The van der Waals surface area contributed by atoms with E-state index >= 15 is 0 Å². The average molecular weight is 450 g/mol. The molecule has 0 N–H and O–H groups in total. The van der Waals surface area contributed by atoms with Gasteiger partial charge in [0.25, 0.3) is 0 Å². The minimum atomic E-state index is 0.644. The maximum absolute atomic E-state index is 6.11. The van der Waals surface area contributed by atoms with Crippen molar-refractivity contribution in [3.05, 3.63) is 80.8 Å². The van der Waals surface area contributed by atoms with Crippen LogP contribution in [-0.4, -0.2) is 0 Å². The lowest BCUT2D eigenvalue weighted by molar-refractivity contribution is 0.303. The van der Waals surface area contributed by atoms with Gasteiger partial charge in [-0.25, -0.2) is 0 Å². The molecule has 0 saturated heterocycles. The van der Waals surface area contributed by atoms with E-state index in [2.05, 4.69) is 30.3 Å². The van der Waals surface area contributed by atoms with Crippen LogP contribution in [0.15, 0.2) is 54.1 Å². The van der Waals surface area contributed by atoms with Crippen LogP contribution in [0.2, 0.25) is 10.0 Å². The molecule has 156 valence electrons. The third-order valence-corrected chi connectivity index (χ3v) is 7.22. The van der Waals surface area contributed by atoms with Gasteiger partial charge in [0.1, 0.15) is 0 Å². The summed E-state index contributed by atoms with van der Waals surface area (Å²) in [7, 11) is 0. The van der Waals surface area contributed by atoms with E-state index in [1.54, 1.807) is 5.54 Å². The molecule has 0 atom stereocenters. The van der Waals surface area contributed by atoms with Gasteiger partial charge in [0.15, 0.2) is 0 Å². The molecule has 1 aliphatic carbocycles. The summed E-state index contributed by atoms with van der Waals surface area (Å²) in [5.74, 6) is 1.65. The molecule has 1 saturated carbocycles. The zero-order chi connectivity index (χ0) is 20.5. The lowest BCUT2D eigenvalue weighted by Gasteiger charge is -2.29. The first kappa shape index (κ1) is 22.7. The minimum absolute atomic E-state index is 0.644. The molecule has 0 unspecified atom stereocenters. The molecule has 2 aromatic carbocycles. The van der Waals surface area contributed by atoms with E-state index in [1.807, 2.05) is 18.2 Å². The van der Waals surface area contributed by atoms with E-state index in [-0.39, 0.29) is 0 Å². The molecule has 0 bridgehead atoms. The monoisotopic (exact) mass is 448 g/mol. The lowest BCUT2D eigenvalue weighted by atomic mass is 9.77. The maximum Gasteiger partial charge on any atom is 0.0595 e. The fraction of sp³-hybridized carbons (Fsp3) is 0.462. The Kier molecular flexibility index (Phi) is 9.43. The Bertz CT molecular complexity index is 771. The topological polar surface area (TPSA) is 0 Å². The summed E-state index contributed by atoms with van der Waals surface area (Å²) >= 11 is 17.7. The largest absolute Gasteiger partial charge is 0.0933 e. The van der Waals surface area contributed by atoms with Crippen LogP contribution in [0.4, 0.5) is 0 Å². The molecule has 3 heteroatoms. The Labute approximate surface area is 191 Å². The van der Waals surface area contributed by atoms with Crippen molar-refractivity contribution in [1.29, 1.82) is 0 Å². The van der Waals surface area contributed by atoms with Crippen molar-refractivity contribution in [3.63, 3.8) is 0 Å². The van der Waals surface area contributed by atoms with Crippen LogP contribution in [-0.2, 0) is 12.8 Å². The number of benzene rings is 2. The summed E-state index contributed by atoms with van der Waals surface area (Å²) in [6, 6.07) is 15.3. The quantitative estimate of drug-likeness (QED) is 0.334. The van der Waals surface area contributed by atoms with E-state index in [0.717, 1.165) is 31.1 Å². The molecule has 2 aromatic rings. The molecule has 0 aliphatic heterocycles. The van der Waals surface area contributed by atoms with Crippen molar-refractivity contribution in [2.75, 3.05) is 0 Å². The van der Waals surface area contributed by atoms with E-state index < -0.39 is 0 Å². The molecule has 0 aromatic heterocycles. The normalized spacial score (nSPS) is 19.7. The standard InChI is InChI=1S/C26H31Cl3/c27-18-4-3-6-21-10-15-24(16-11-21)23-13-8-20(9-14-23)5-1-2-7-22-12-17-25(28)26(29)19-22/h4,10-12,15-20,23H,1-3,5-9,13-14H2/b18-4+/t20-,23-. The summed E-state index contributed by atoms with van der Waals surface area (Å²) in [6.45, 7) is 0. The Morgan fingerprint density at radius 2 is 1.52 bits per heavy atom. The molecular formula is C26H31Cl3. The first-order valence-electron chi connectivity index (χ1n) is 10.9. The second-order valence-corrected chi connectivity index (χ2v) is 9.42. The van der Waals surface area contributed by atoms with Crippen LogP contribution < -0.4 is 0 Å². The first-order valence-corrected chi connectivity index (χ1v) is 12.1. The number of aryl methyl sites for hydroxylation is 2. The van der Waals surface area contributed by atoms with Gasteiger partial charge in [-0.05, 0) is 92.0 Å². The number of halogens is 3. The SMILES string of the molecule is Cl/C=C/CCc1ccc([C@H]2CC[C@H](CCCCc3ccc(Cl)c(Cl)c3)CC2)cc1. The van der Waals surface area contributed by atoms with Crippen LogP contribution in [0.25, 0.3) is 0 Å². The van der Waals surface area contributed by atoms with Crippen LogP contribution in [0, 0.1) is 5.92 Å². The van der Waals surface area contributed by atoms with E-state index in [4.69, 9.17) is 34.8 Å². The van der Waals surface area contributed by atoms with Crippen molar-refractivity contribution in [1.82, 2.24) is 0 Å². The number of allylic oxidation sites excluding steroid dienone is 1. The van der Waals surface area contributed by atoms with Gasteiger partial charge in [-0.3, -0.25) is 0 Å². The molecule has 0 spiro atoms. The van der Waals surface area contributed by atoms with Gasteiger partial charge in [-0.2, -0.15) is 0 Å². The zero-order valence-corrected chi connectivity index (χ0v) is 19.3. The lowest BCUT2D eigenvalue weighted by Crippen LogP contribution is -2.13. The maximum atomic E-state index is 6.11. The first-order chi connectivity index (χ1) is 14.2. The van der Waals surface area contributed by atoms with Crippen molar-refractivity contribution in [2.24, 2.45) is 5.92 Å². The molecule has 29 heavy (non-hydrogen) atoms. The fourth-order valence-corrected chi connectivity index (χ4v) is 4.96. The van der Waals surface area contributed by atoms with Crippen LogP contribution in [0.1, 0.15) is 74.0 Å². The number of rotatable bonds is 9. The van der Waals surface area contributed by atoms with Crippen LogP contribution >= 0.6 is 34.8 Å². The zero-order valence-electron chi connectivity index (χ0n) is 17.1. The molecule has 1 fully saturated rings. The Morgan fingerprint density at radius 1 is 0.793 bits per heavy atom. The van der Waals surface area contributed by atoms with Gasteiger partial charge >= 0.3 is 0 Å². The van der Waals surface area contributed by atoms with Crippen molar-refractivity contribution >= 4 is 34.8 Å². The van der Waals surface area contributed by atoms with Crippen LogP contribution in [0.3, 0.4) is 0 Å². The Balaban J connectivity index is 1.35. The highest BCUT2D eigenvalue weighted by atomic mass is 35.5. The third-order valence-electron chi connectivity index (χ3n) is 6.30. The molecular weight excluding hydrogens is 419 g/mol. The second-order valence-electron chi connectivity index (χ2n) is 8.35. The predicted octanol–water partition coefficient (Wildman–Crippen LogP) is 9.37. The van der Waals surface area contributed by atoms with Crippen molar-refractivity contribution in [2.45, 2.75) is 70.1 Å². The smallest absolute Gasteiger partial charge is 0.0595 e. The Hall–Kier alpha value is -0.950. The van der Waals surface area contributed by atoms with E-state index in [1.165, 1.54) is 61.6 Å². The summed E-state index contributed by atoms with van der Waals surface area (Å²) in [4.78, 5) is 0. The van der Waals surface area contributed by atoms with Gasteiger partial charge in [0.2, 0.25) is 0 Å². The second kappa shape index (κ2) is 12.0. The van der Waals surface area contributed by atoms with Crippen molar-refractivity contribution < 1.29 is 0 Å². The van der Waals surface area contributed by atoms with Gasteiger partial charge in [0.05, 0.1) is 10.0 Å². The summed E-state index contributed by atoms with van der Waals surface area (Å²) < 4.78 is 0. The highest BCUT2D eigenvalue weighted by Gasteiger charge is 2.22. The number of hydrogen-bond acceptors (Lipinski definition) is 0. The van der Waals surface area contributed by atoms with Gasteiger partial charge in [0, 0.05) is 5.54 Å². The Morgan fingerprint density at radius 3 is 2.21 bits per heavy atom. The van der Waals surface area contributed by atoms with Gasteiger partial charge in [-0.1, -0.05) is 84.1 Å². The highest BCUT2D eigenvalue weighted by Crippen LogP contribution is 2.38. The van der Waals surface area contributed by atoms with E-state index in [9.17, 15) is 0 Å². The summed E-state index contributed by atoms with van der Waals surface area (Å²) in [5, 5.41) is 1.31. The molecule has 0 heterocycles. The van der Waals surface area contributed by atoms with Crippen LogP contribution in [0.5, 0.6) is 0 Å². The number of hydrogen-bond donors (Lipinski definition) is 0.